The molecule has 90 valence electrons. The minimum Gasteiger partial charge on any atom is -0.394 e. The van der Waals surface area contributed by atoms with Crippen LogP contribution in [-0.4, -0.2) is 38.8 Å². The lowest BCUT2D eigenvalue weighted by Crippen LogP contribution is -2.32. The second kappa shape index (κ2) is 4.00. The Morgan fingerprint density at radius 1 is 1.47 bits per heavy atom. The zero-order chi connectivity index (χ0) is 11.8. The van der Waals surface area contributed by atoms with Gasteiger partial charge in [0.2, 0.25) is 0 Å². The average molecular weight is 232 g/mol. The van der Waals surface area contributed by atoms with E-state index in [9.17, 15) is 5.11 Å². The molecule has 1 aliphatic rings. The highest BCUT2D eigenvalue weighted by molar-refractivity contribution is 5.88. The molecule has 5 nitrogen and oxygen atoms in total. The van der Waals surface area contributed by atoms with Gasteiger partial charge in [0, 0.05) is 19.8 Å². The summed E-state index contributed by atoms with van der Waals surface area (Å²) >= 11 is 0. The van der Waals surface area contributed by atoms with E-state index in [-0.39, 0.29) is 12.6 Å². The molecule has 0 saturated carbocycles. The van der Waals surface area contributed by atoms with Crippen LogP contribution in [0.5, 0.6) is 0 Å². The highest BCUT2D eigenvalue weighted by Gasteiger charge is 2.26. The molecule has 1 fully saturated rings. The molecule has 3 heterocycles. The van der Waals surface area contributed by atoms with E-state index in [4.69, 9.17) is 0 Å². The van der Waals surface area contributed by atoms with E-state index in [1.807, 2.05) is 23.9 Å². The summed E-state index contributed by atoms with van der Waals surface area (Å²) < 4.78 is 1.99. The maximum Gasteiger partial charge on any atom is 0.145 e. The number of nitrogens with zero attached hydrogens (tertiary/aromatic N) is 4. The zero-order valence-electron chi connectivity index (χ0n) is 9.87. The third-order valence-corrected chi connectivity index (χ3v) is 3.50. The van der Waals surface area contributed by atoms with Crippen LogP contribution >= 0.6 is 0 Å². The Hall–Kier alpha value is -1.62. The Kier molecular flexibility index (Phi) is 2.48. The Bertz CT molecular complexity index is 536. The maximum atomic E-state index is 9.38. The molecule has 2 aromatic rings. The fourth-order valence-electron chi connectivity index (χ4n) is 2.60. The van der Waals surface area contributed by atoms with Crippen LogP contribution in [0.4, 0.5) is 5.82 Å². The molecule has 0 radical (unpaired) electrons. The van der Waals surface area contributed by atoms with Crippen LogP contribution in [0.25, 0.3) is 11.0 Å². The molecule has 2 aromatic heterocycles. The van der Waals surface area contributed by atoms with Crippen LogP contribution in [0.1, 0.15) is 12.8 Å². The summed E-state index contributed by atoms with van der Waals surface area (Å²) in [5, 5.41) is 10.4. The van der Waals surface area contributed by atoms with Crippen LogP contribution in [0.3, 0.4) is 0 Å². The molecule has 5 heteroatoms. The van der Waals surface area contributed by atoms with Crippen molar-refractivity contribution < 1.29 is 5.11 Å². The molecule has 0 aliphatic carbocycles. The number of aliphatic hydroxyl groups is 1. The predicted molar refractivity (Wildman–Crippen MR) is 66.0 cm³/mol. The van der Waals surface area contributed by atoms with Crippen molar-refractivity contribution in [3.05, 3.63) is 18.6 Å². The molecule has 1 aliphatic heterocycles. The van der Waals surface area contributed by atoms with Gasteiger partial charge in [-0.25, -0.2) is 9.97 Å². The fourth-order valence-corrected chi connectivity index (χ4v) is 2.60. The number of hydrogen-bond acceptors (Lipinski definition) is 4. The lowest BCUT2D eigenvalue weighted by Gasteiger charge is -2.24. The van der Waals surface area contributed by atoms with Gasteiger partial charge in [-0.2, -0.15) is 0 Å². The fraction of sp³-hybridized carbons (Fsp3) is 0.500. The quantitative estimate of drug-likeness (QED) is 0.837. The molecular weight excluding hydrogens is 216 g/mol. The van der Waals surface area contributed by atoms with Crippen molar-refractivity contribution in [2.45, 2.75) is 18.9 Å². The highest BCUT2D eigenvalue weighted by atomic mass is 16.3. The van der Waals surface area contributed by atoms with E-state index >= 15 is 0 Å². The molecule has 0 amide bonds. The SMILES string of the molecule is Cn1ccc2c(N3CCCC3CO)ncnc21. The van der Waals surface area contributed by atoms with Gasteiger partial charge in [-0.1, -0.05) is 0 Å². The molecule has 1 N–H and O–H groups in total. The van der Waals surface area contributed by atoms with Crippen LogP contribution in [0.15, 0.2) is 18.6 Å². The number of anilines is 1. The van der Waals surface area contributed by atoms with Gasteiger partial charge in [0.1, 0.15) is 17.8 Å². The normalized spacial score (nSPS) is 20.4. The first kappa shape index (κ1) is 10.5. The third-order valence-electron chi connectivity index (χ3n) is 3.50. The molecule has 0 bridgehead atoms. The van der Waals surface area contributed by atoms with Gasteiger partial charge in [-0.3, -0.25) is 0 Å². The molecule has 0 aromatic carbocycles. The number of aromatic nitrogens is 3. The molecule has 3 rings (SSSR count). The van der Waals surface area contributed by atoms with Gasteiger partial charge in [-0.05, 0) is 18.9 Å². The summed E-state index contributed by atoms with van der Waals surface area (Å²) in [6.07, 6.45) is 5.75. The Balaban J connectivity index is 2.10. The van der Waals surface area contributed by atoms with E-state index in [1.54, 1.807) is 6.33 Å². The van der Waals surface area contributed by atoms with Crippen LogP contribution in [-0.2, 0) is 7.05 Å². The lowest BCUT2D eigenvalue weighted by atomic mass is 10.2. The lowest BCUT2D eigenvalue weighted by molar-refractivity contribution is 0.266. The number of hydrogen-bond donors (Lipinski definition) is 1. The van der Waals surface area contributed by atoms with Crippen molar-refractivity contribution in [1.29, 1.82) is 0 Å². The van der Waals surface area contributed by atoms with Gasteiger partial charge in [0.25, 0.3) is 0 Å². The number of aryl methyl sites for hydroxylation is 1. The minimum atomic E-state index is 0.193. The average Bonchev–Trinajstić information content (AvgIpc) is 2.96. The molecule has 17 heavy (non-hydrogen) atoms. The van der Waals surface area contributed by atoms with Gasteiger partial charge in [-0.15, -0.1) is 0 Å². The van der Waals surface area contributed by atoms with Crippen molar-refractivity contribution >= 4 is 16.9 Å². The Morgan fingerprint density at radius 2 is 2.35 bits per heavy atom. The predicted octanol–water partition coefficient (Wildman–Crippen LogP) is 0.929. The van der Waals surface area contributed by atoms with E-state index in [0.717, 1.165) is 36.2 Å². The largest absolute Gasteiger partial charge is 0.394 e. The first-order valence-electron chi connectivity index (χ1n) is 5.95. The second-order valence-electron chi connectivity index (χ2n) is 4.53. The van der Waals surface area contributed by atoms with Gasteiger partial charge < -0.3 is 14.6 Å². The number of fused-ring (bicyclic) bond motifs is 1. The highest BCUT2D eigenvalue weighted by Crippen LogP contribution is 2.29. The molecular formula is C12H16N4O. The van der Waals surface area contributed by atoms with E-state index in [0.29, 0.717) is 0 Å². The van der Waals surface area contributed by atoms with Crippen LogP contribution in [0.2, 0.25) is 0 Å². The number of rotatable bonds is 2. The Morgan fingerprint density at radius 3 is 3.18 bits per heavy atom. The topological polar surface area (TPSA) is 54.2 Å². The standard InChI is InChI=1S/C12H16N4O/c1-15-6-4-10-11(15)13-8-14-12(10)16-5-2-3-9(16)7-17/h4,6,8-9,17H,2-3,5,7H2,1H3. The first-order chi connectivity index (χ1) is 8.31. The van der Waals surface area contributed by atoms with Crippen molar-refractivity contribution in [1.82, 2.24) is 14.5 Å². The maximum absolute atomic E-state index is 9.38. The van der Waals surface area contributed by atoms with Crippen LogP contribution in [0, 0.1) is 0 Å². The minimum absolute atomic E-state index is 0.193. The van der Waals surface area contributed by atoms with Crippen molar-refractivity contribution in [3.8, 4) is 0 Å². The van der Waals surface area contributed by atoms with Gasteiger partial charge in [0.05, 0.1) is 18.0 Å². The summed E-state index contributed by atoms with van der Waals surface area (Å²) in [7, 11) is 1.98. The van der Waals surface area contributed by atoms with Crippen molar-refractivity contribution in [2.75, 3.05) is 18.1 Å². The molecule has 0 spiro atoms. The smallest absolute Gasteiger partial charge is 0.145 e. The van der Waals surface area contributed by atoms with Gasteiger partial charge >= 0.3 is 0 Å². The van der Waals surface area contributed by atoms with Crippen LogP contribution < -0.4 is 4.90 Å². The van der Waals surface area contributed by atoms with E-state index in [2.05, 4.69) is 14.9 Å². The summed E-state index contributed by atoms with van der Waals surface area (Å²) in [6, 6.07) is 2.24. The summed E-state index contributed by atoms with van der Waals surface area (Å²) in [6.45, 7) is 1.16. The zero-order valence-corrected chi connectivity index (χ0v) is 9.87. The first-order valence-corrected chi connectivity index (χ1v) is 5.95. The molecule has 1 saturated heterocycles. The molecule has 1 unspecified atom stereocenters. The number of aliphatic hydroxyl groups excluding tert-OH is 1. The van der Waals surface area contributed by atoms with Gasteiger partial charge in [0.15, 0.2) is 0 Å². The third kappa shape index (κ3) is 1.58. The second-order valence-corrected chi connectivity index (χ2v) is 4.53. The van der Waals surface area contributed by atoms with Crippen molar-refractivity contribution in [3.63, 3.8) is 0 Å². The van der Waals surface area contributed by atoms with Crippen molar-refractivity contribution in [2.24, 2.45) is 7.05 Å². The summed E-state index contributed by atoms with van der Waals surface area (Å²) in [4.78, 5) is 10.9. The van der Waals surface area contributed by atoms with E-state index in [1.165, 1.54) is 0 Å². The monoisotopic (exact) mass is 232 g/mol. The Labute approximate surface area is 99.7 Å². The summed E-state index contributed by atoms with van der Waals surface area (Å²) in [5.41, 5.74) is 0.943. The molecule has 1 atom stereocenters. The van der Waals surface area contributed by atoms with E-state index < -0.39 is 0 Å². The summed E-state index contributed by atoms with van der Waals surface area (Å²) in [5.74, 6) is 0.951.